The zero-order valence-corrected chi connectivity index (χ0v) is 15.1. The van der Waals surface area contributed by atoms with E-state index in [1.807, 2.05) is 24.3 Å². The first-order valence-electron chi connectivity index (χ1n) is 7.70. The molecule has 2 aromatic carbocycles. The number of carbonyl (C=O) groups excluding carboxylic acids is 1. The van der Waals surface area contributed by atoms with Crippen LogP contribution in [0.3, 0.4) is 0 Å². The Morgan fingerprint density at radius 2 is 1.92 bits per heavy atom. The SMILES string of the molecule is CC(C)c1ccc(-c2nnn(CC(=O)c3cccc(Br)c3)n2)cc1. The van der Waals surface area contributed by atoms with Crippen LogP contribution in [0.5, 0.6) is 0 Å². The molecule has 0 unspecified atom stereocenters. The number of hydrogen-bond acceptors (Lipinski definition) is 4. The van der Waals surface area contributed by atoms with Crippen LogP contribution in [0.25, 0.3) is 11.4 Å². The predicted molar refractivity (Wildman–Crippen MR) is 95.8 cm³/mol. The first-order chi connectivity index (χ1) is 11.5. The van der Waals surface area contributed by atoms with Crippen molar-refractivity contribution in [1.82, 2.24) is 20.2 Å². The number of benzene rings is 2. The molecule has 0 spiro atoms. The van der Waals surface area contributed by atoms with Gasteiger partial charge in [0.15, 0.2) is 5.78 Å². The number of nitrogens with zero attached hydrogens (tertiary/aromatic N) is 4. The normalized spacial score (nSPS) is 11.0. The highest BCUT2D eigenvalue weighted by Crippen LogP contribution is 2.19. The Morgan fingerprint density at radius 3 is 2.58 bits per heavy atom. The first-order valence-corrected chi connectivity index (χ1v) is 8.49. The third kappa shape index (κ3) is 3.76. The van der Waals surface area contributed by atoms with Gasteiger partial charge in [-0.05, 0) is 28.8 Å². The molecule has 0 radical (unpaired) electrons. The van der Waals surface area contributed by atoms with E-state index in [1.165, 1.54) is 10.4 Å². The molecule has 0 atom stereocenters. The van der Waals surface area contributed by atoms with E-state index < -0.39 is 0 Å². The Kier molecular flexibility index (Phi) is 4.85. The van der Waals surface area contributed by atoms with E-state index in [0.717, 1.165) is 10.0 Å². The average Bonchev–Trinajstić information content (AvgIpc) is 3.03. The van der Waals surface area contributed by atoms with Gasteiger partial charge in [0.2, 0.25) is 5.82 Å². The molecule has 6 heteroatoms. The summed E-state index contributed by atoms with van der Waals surface area (Å²) in [6.07, 6.45) is 0. The summed E-state index contributed by atoms with van der Waals surface area (Å²) < 4.78 is 0.867. The van der Waals surface area contributed by atoms with Crippen LogP contribution in [0.2, 0.25) is 0 Å². The summed E-state index contributed by atoms with van der Waals surface area (Å²) in [6.45, 7) is 4.36. The van der Waals surface area contributed by atoms with Crippen molar-refractivity contribution in [2.24, 2.45) is 0 Å². The average molecular weight is 385 g/mol. The van der Waals surface area contributed by atoms with Crippen molar-refractivity contribution in [1.29, 1.82) is 0 Å². The first kappa shape index (κ1) is 16.5. The number of hydrogen-bond donors (Lipinski definition) is 0. The number of tetrazole rings is 1. The molecule has 1 heterocycles. The van der Waals surface area contributed by atoms with Gasteiger partial charge < -0.3 is 0 Å². The van der Waals surface area contributed by atoms with Gasteiger partial charge in [-0.2, -0.15) is 4.80 Å². The van der Waals surface area contributed by atoms with Crippen LogP contribution in [0.15, 0.2) is 53.0 Å². The zero-order valence-electron chi connectivity index (χ0n) is 13.5. The minimum Gasteiger partial charge on any atom is -0.292 e. The van der Waals surface area contributed by atoms with E-state index in [4.69, 9.17) is 0 Å². The van der Waals surface area contributed by atoms with Crippen molar-refractivity contribution < 1.29 is 4.79 Å². The van der Waals surface area contributed by atoms with Crippen LogP contribution >= 0.6 is 15.9 Å². The Labute approximate surface area is 148 Å². The highest BCUT2D eigenvalue weighted by Gasteiger charge is 2.11. The Morgan fingerprint density at radius 1 is 1.17 bits per heavy atom. The molecular weight excluding hydrogens is 368 g/mol. The predicted octanol–water partition coefficient (Wildman–Crippen LogP) is 4.11. The maximum atomic E-state index is 12.3. The lowest BCUT2D eigenvalue weighted by Gasteiger charge is -2.04. The lowest BCUT2D eigenvalue weighted by molar-refractivity contribution is 0.0961. The fourth-order valence-corrected chi connectivity index (χ4v) is 2.72. The summed E-state index contributed by atoms with van der Waals surface area (Å²) in [5.41, 5.74) is 2.76. The van der Waals surface area contributed by atoms with Crippen LogP contribution in [-0.4, -0.2) is 26.0 Å². The second-order valence-electron chi connectivity index (χ2n) is 5.85. The van der Waals surface area contributed by atoms with E-state index in [2.05, 4.69) is 57.3 Å². The van der Waals surface area contributed by atoms with E-state index in [0.29, 0.717) is 17.3 Å². The minimum atomic E-state index is -0.0598. The van der Waals surface area contributed by atoms with Crippen molar-refractivity contribution in [2.75, 3.05) is 0 Å². The van der Waals surface area contributed by atoms with Gasteiger partial charge in [-0.1, -0.05) is 66.2 Å². The van der Waals surface area contributed by atoms with Gasteiger partial charge in [-0.25, -0.2) is 0 Å². The van der Waals surface area contributed by atoms with Crippen LogP contribution in [0, 0.1) is 0 Å². The van der Waals surface area contributed by atoms with Gasteiger partial charge in [0, 0.05) is 15.6 Å². The van der Waals surface area contributed by atoms with Crippen molar-refractivity contribution in [3.63, 3.8) is 0 Å². The second-order valence-corrected chi connectivity index (χ2v) is 6.77. The number of aromatic nitrogens is 4. The molecule has 122 valence electrons. The lowest BCUT2D eigenvalue weighted by atomic mass is 10.0. The van der Waals surface area contributed by atoms with Gasteiger partial charge in [0.25, 0.3) is 0 Å². The molecule has 0 aliphatic heterocycles. The van der Waals surface area contributed by atoms with Crippen LogP contribution in [0.1, 0.15) is 35.7 Å². The standard InChI is InChI=1S/C18H17BrN4O/c1-12(2)13-6-8-14(9-7-13)18-20-22-23(21-18)11-17(24)15-4-3-5-16(19)10-15/h3-10,12H,11H2,1-2H3. The number of rotatable bonds is 5. The van der Waals surface area contributed by atoms with Gasteiger partial charge in [0.1, 0.15) is 6.54 Å². The largest absolute Gasteiger partial charge is 0.292 e. The molecule has 0 bridgehead atoms. The fourth-order valence-electron chi connectivity index (χ4n) is 2.32. The van der Waals surface area contributed by atoms with Crippen LogP contribution in [-0.2, 0) is 6.54 Å². The molecule has 0 fully saturated rings. The van der Waals surface area contributed by atoms with Crippen LogP contribution < -0.4 is 0 Å². The summed E-state index contributed by atoms with van der Waals surface area (Å²) in [7, 11) is 0. The van der Waals surface area contributed by atoms with Gasteiger partial charge >= 0.3 is 0 Å². The van der Waals surface area contributed by atoms with Gasteiger partial charge in [-0.15, -0.1) is 10.2 Å². The lowest BCUT2D eigenvalue weighted by Crippen LogP contribution is -2.13. The molecule has 0 N–H and O–H groups in total. The summed E-state index contributed by atoms with van der Waals surface area (Å²) in [5.74, 6) is 0.938. The Balaban J connectivity index is 1.74. The second kappa shape index (κ2) is 7.05. The highest BCUT2D eigenvalue weighted by atomic mass is 79.9. The summed E-state index contributed by atoms with van der Waals surface area (Å²) in [5, 5.41) is 12.3. The topological polar surface area (TPSA) is 60.7 Å². The molecule has 0 amide bonds. The summed E-state index contributed by atoms with van der Waals surface area (Å²) >= 11 is 3.36. The van der Waals surface area contributed by atoms with Crippen molar-refractivity contribution in [3.05, 3.63) is 64.1 Å². The third-order valence-corrected chi connectivity index (χ3v) is 4.21. The molecule has 0 saturated heterocycles. The monoisotopic (exact) mass is 384 g/mol. The van der Waals surface area contributed by atoms with Crippen molar-refractivity contribution >= 4 is 21.7 Å². The number of ketones is 1. The van der Waals surface area contributed by atoms with Crippen LogP contribution in [0.4, 0.5) is 0 Å². The molecular formula is C18H17BrN4O. The van der Waals surface area contributed by atoms with Crippen molar-refractivity contribution in [2.45, 2.75) is 26.3 Å². The summed E-state index contributed by atoms with van der Waals surface area (Å²) in [4.78, 5) is 13.6. The Bertz CT molecular complexity index is 855. The summed E-state index contributed by atoms with van der Waals surface area (Å²) in [6, 6.07) is 15.3. The number of carbonyl (C=O) groups is 1. The minimum absolute atomic E-state index is 0.0598. The maximum absolute atomic E-state index is 12.3. The third-order valence-electron chi connectivity index (χ3n) is 3.72. The molecule has 0 saturated carbocycles. The zero-order chi connectivity index (χ0) is 17.1. The van der Waals surface area contributed by atoms with E-state index in [1.54, 1.807) is 12.1 Å². The highest BCUT2D eigenvalue weighted by molar-refractivity contribution is 9.10. The smallest absolute Gasteiger partial charge is 0.204 e. The molecule has 0 aliphatic rings. The number of Topliss-reactive ketones (excluding diaryl/α,β-unsaturated/α-hetero) is 1. The van der Waals surface area contributed by atoms with Crippen molar-refractivity contribution in [3.8, 4) is 11.4 Å². The molecule has 24 heavy (non-hydrogen) atoms. The Hall–Kier alpha value is -2.34. The molecule has 0 aliphatic carbocycles. The maximum Gasteiger partial charge on any atom is 0.204 e. The molecule has 5 nitrogen and oxygen atoms in total. The van der Waals surface area contributed by atoms with E-state index in [9.17, 15) is 4.79 Å². The molecule has 3 rings (SSSR count). The molecule has 1 aromatic heterocycles. The quantitative estimate of drug-likeness (QED) is 0.621. The van der Waals surface area contributed by atoms with E-state index in [-0.39, 0.29) is 12.3 Å². The van der Waals surface area contributed by atoms with Gasteiger partial charge in [0.05, 0.1) is 0 Å². The van der Waals surface area contributed by atoms with E-state index >= 15 is 0 Å². The number of halogens is 1. The molecule has 3 aromatic rings. The van der Waals surface area contributed by atoms with Gasteiger partial charge in [-0.3, -0.25) is 4.79 Å². The fraction of sp³-hybridized carbons (Fsp3) is 0.222.